The number of carbonyl (C=O) groups is 1. The molecule has 0 amide bonds. The van der Waals surface area contributed by atoms with Gasteiger partial charge < -0.3 is 0 Å². The van der Waals surface area contributed by atoms with Crippen LogP contribution in [0.4, 0.5) is 0 Å². The van der Waals surface area contributed by atoms with Gasteiger partial charge in [-0.25, -0.2) is 4.79 Å². The molecular weight excluding hydrogens is 180 g/mol. The Hall–Kier alpha value is -0.570. The molecule has 0 aromatic heterocycles. The van der Waals surface area contributed by atoms with E-state index in [-0.39, 0.29) is 12.1 Å². The molecular formula is C11H22O3. The molecule has 0 saturated carbocycles. The average molecular weight is 202 g/mol. The molecule has 0 radical (unpaired) electrons. The van der Waals surface area contributed by atoms with E-state index in [0.29, 0.717) is 0 Å². The summed E-state index contributed by atoms with van der Waals surface area (Å²) in [5, 5.41) is 0. The zero-order valence-corrected chi connectivity index (χ0v) is 9.92. The van der Waals surface area contributed by atoms with E-state index >= 15 is 0 Å². The van der Waals surface area contributed by atoms with Crippen molar-refractivity contribution in [1.29, 1.82) is 0 Å². The highest BCUT2D eigenvalue weighted by molar-refractivity contribution is 5.74. The van der Waals surface area contributed by atoms with Gasteiger partial charge in [0, 0.05) is 0 Å². The number of hydrogen-bond donors (Lipinski definition) is 0. The first kappa shape index (κ1) is 13.4. The molecule has 0 bridgehead atoms. The maximum atomic E-state index is 11.3. The molecule has 0 fully saturated rings. The fraction of sp³-hybridized carbons (Fsp3) is 0.909. The van der Waals surface area contributed by atoms with E-state index < -0.39 is 5.41 Å². The summed E-state index contributed by atoms with van der Waals surface area (Å²) in [6.07, 6.45) is 2.86. The van der Waals surface area contributed by atoms with Gasteiger partial charge in [-0.05, 0) is 33.6 Å². The van der Waals surface area contributed by atoms with Gasteiger partial charge in [0.2, 0.25) is 0 Å². The summed E-state index contributed by atoms with van der Waals surface area (Å²) in [6, 6.07) is 0. The van der Waals surface area contributed by atoms with Gasteiger partial charge in [0.05, 0.1) is 5.41 Å². The van der Waals surface area contributed by atoms with Gasteiger partial charge in [-0.2, -0.15) is 4.89 Å². The zero-order chi connectivity index (χ0) is 11.2. The second-order valence-corrected chi connectivity index (χ2v) is 4.54. The van der Waals surface area contributed by atoms with Crippen molar-refractivity contribution in [2.75, 3.05) is 0 Å². The van der Waals surface area contributed by atoms with Crippen molar-refractivity contribution in [2.24, 2.45) is 5.41 Å². The zero-order valence-electron chi connectivity index (χ0n) is 9.92. The summed E-state index contributed by atoms with van der Waals surface area (Å²) >= 11 is 0. The molecule has 0 aliphatic rings. The van der Waals surface area contributed by atoms with Gasteiger partial charge in [0.25, 0.3) is 0 Å². The van der Waals surface area contributed by atoms with Crippen molar-refractivity contribution < 1.29 is 14.6 Å². The highest BCUT2D eigenvalue weighted by Gasteiger charge is 2.25. The standard InChI is InChI=1S/C11H22O3/c1-6-8-9(7-2)13-14-10(12)11(3,4)5/h9H,6-8H2,1-5H3. The molecule has 3 heteroatoms. The molecule has 1 atom stereocenters. The van der Waals surface area contributed by atoms with Crippen LogP contribution < -0.4 is 0 Å². The Labute approximate surface area is 86.7 Å². The third-order valence-electron chi connectivity index (χ3n) is 1.94. The van der Waals surface area contributed by atoms with Crippen LogP contribution in [0.3, 0.4) is 0 Å². The third-order valence-corrected chi connectivity index (χ3v) is 1.94. The van der Waals surface area contributed by atoms with Crippen LogP contribution in [-0.2, 0) is 14.6 Å². The molecule has 0 spiro atoms. The largest absolute Gasteiger partial charge is 0.347 e. The highest BCUT2D eigenvalue weighted by Crippen LogP contribution is 2.17. The van der Waals surface area contributed by atoms with E-state index in [2.05, 4.69) is 6.92 Å². The summed E-state index contributed by atoms with van der Waals surface area (Å²) in [5.74, 6) is -0.313. The molecule has 0 saturated heterocycles. The van der Waals surface area contributed by atoms with E-state index in [4.69, 9.17) is 9.78 Å². The van der Waals surface area contributed by atoms with Crippen LogP contribution in [0, 0.1) is 5.41 Å². The Morgan fingerprint density at radius 2 is 1.86 bits per heavy atom. The van der Waals surface area contributed by atoms with E-state index in [9.17, 15) is 4.79 Å². The Balaban J connectivity index is 3.85. The first-order chi connectivity index (χ1) is 6.41. The smallest absolute Gasteiger partial charge is 0.297 e. The Morgan fingerprint density at radius 3 is 2.21 bits per heavy atom. The van der Waals surface area contributed by atoms with Crippen LogP contribution in [0.25, 0.3) is 0 Å². The van der Waals surface area contributed by atoms with Crippen molar-refractivity contribution in [3.8, 4) is 0 Å². The lowest BCUT2D eigenvalue weighted by atomic mass is 9.98. The number of hydrogen-bond acceptors (Lipinski definition) is 3. The second kappa shape index (κ2) is 6.02. The molecule has 14 heavy (non-hydrogen) atoms. The molecule has 0 rings (SSSR count). The fourth-order valence-electron chi connectivity index (χ4n) is 0.879. The van der Waals surface area contributed by atoms with E-state index in [1.807, 2.05) is 6.92 Å². The van der Waals surface area contributed by atoms with E-state index in [1.165, 1.54) is 0 Å². The molecule has 3 nitrogen and oxygen atoms in total. The van der Waals surface area contributed by atoms with Gasteiger partial charge in [-0.3, -0.25) is 4.89 Å². The maximum Gasteiger partial charge on any atom is 0.347 e. The molecule has 1 unspecified atom stereocenters. The minimum Gasteiger partial charge on any atom is -0.297 e. The monoisotopic (exact) mass is 202 g/mol. The molecule has 0 heterocycles. The minimum atomic E-state index is -0.496. The molecule has 0 aliphatic carbocycles. The molecule has 0 aromatic rings. The summed E-state index contributed by atoms with van der Waals surface area (Å²) in [5.41, 5.74) is -0.496. The summed E-state index contributed by atoms with van der Waals surface area (Å²) in [4.78, 5) is 21.2. The van der Waals surface area contributed by atoms with Crippen LogP contribution in [-0.4, -0.2) is 12.1 Å². The van der Waals surface area contributed by atoms with Crippen molar-refractivity contribution >= 4 is 5.97 Å². The quantitative estimate of drug-likeness (QED) is 0.507. The summed E-state index contributed by atoms with van der Waals surface area (Å²) in [6.45, 7) is 9.52. The molecule has 0 aliphatic heterocycles. The molecule has 0 aromatic carbocycles. The average Bonchev–Trinajstić information content (AvgIpc) is 2.10. The Morgan fingerprint density at radius 1 is 1.29 bits per heavy atom. The van der Waals surface area contributed by atoms with Crippen molar-refractivity contribution in [3.05, 3.63) is 0 Å². The van der Waals surface area contributed by atoms with E-state index in [0.717, 1.165) is 19.3 Å². The maximum absolute atomic E-state index is 11.3. The van der Waals surface area contributed by atoms with Gasteiger partial charge in [-0.1, -0.05) is 20.3 Å². The number of rotatable bonds is 5. The highest BCUT2D eigenvalue weighted by atomic mass is 17.2. The summed E-state index contributed by atoms with van der Waals surface area (Å²) < 4.78 is 0. The van der Waals surface area contributed by atoms with Crippen LogP contribution in [0.5, 0.6) is 0 Å². The topological polar surface area (TPSA) is 35.5 Å². The lowest BCUT2D eigenvalue weighted by molar-refractivity contribution is -0.305. The van der Waals surface area contributed by atoms with Crippen LogP contribution in [0.1, 0.15) is 53.9 Å². The predicted octanol–water partition coefficient (Wildman–Crippen LogP) is 3.09. The second-order valence-electron chi connectivity index (χ2n) is 4.54. The third kappa shape index (κ3) is 5.22. The normalized spacial score (nSPS) is 13.8. The predicted molar refractivity (Wildman–Crippen MR) is 55.6 cm³/mol. The summed E-state index contributed by atoms with van der Waals surface area (Å²) in [7, 11) is 0. The first-order valence-corrected chi connectivity index (χ1v) is 5.29. The van der Waals surface area contributed by atoms with E-state index in [1.54, 1.807) is 20.8 Å². The first-order valence-electron chi connectivity index (χ1n) is 5.29. The van der Waals surface area contributed by atoms with Crippen LogP contribution >= 0.6 is 0 Å². The van der Waals surface area contributed by atoms with Crippen molar-refractivity contribution in [3.63, 3.8) is 0 Å². The lowest BCUT2D eigenvalue weighted by Crippen LogP contribution is -2.25. The number of carbonyl (C=O) groups excluding carboxylic acids is 1. The lowest BCUT2D eigenvalue weighted by Gasteiger charge is -2.18. The van der Waals surface area contributed by atoms with Crippen LogP contribution in [0.2, 0.25) is 0 Å². The van der Waals surface area contributed by atoms with Gasteiger partial charge in [0.1, 0.15) is 6.10 Å². The Bertz CT molecular complexity index is 170. The Kier molecular flexibility index (Phi) is 5.77. The van der Waals surface area contributed by atoms with Crippen molar-refractivity contribution in [1.82, 2.24) is 0 Å². The van der Waals surface area contributed by atoms with Gasteiger partial charge >= 0.3 is 5.97 Å². The molecule has 0 N–H and O–H groups in total. The minimum absolute atomic E-state index is 0.0336. The van der Waals surface area contributed by atoms with Crippen LogP contribution in [0.15, 0.2) is 0 Å². The SMILES string of the molecule is CCCC(CC)OOC(=O)C(C)(C)C. The van der Waals surface area contributed by atoms with Crippen molar-refractivity contribution in [2.45, 2.75) is 60.0 Å². The van der Waals surface area contributed by atoms with Gasteiger partial charge in [-0.15, -0.1) is 0 Å². The van der Waals surface area contributed by atoms with Gasteiger partial charge in [0.15, 0.2) is 0 Å². The molecule has 84 valence electrons. The fourth-order valence-corrected chi connectivity index (χ4v) is 0.879.